The molecule has 0 aliphatic rings. The zero-order valence-corrected chi connectivity index (χ0v) is 15.1. The van der Waals surface area contributed by atoms with Crippen LogP contribution >= 0.6 is 0 Å². The number of amides is 1. The van der Waals surface area contributed by atoms with Gasteiger partial charge in [-0.25, -0.2) is 0 Å². The van der Waals surface area contributed by atoms with Crippen molar-refractivity contribution in [2.45, 2.75) is 26.4 Å². The Morgan fingerprint density at radius 1 is 1.15 bits per heavy atom. The van der Waals surface area contributed by atoms with E-state index < -0.39 is 18.0 Å². The summed E-state index contributed by atoms with van der Waals surface area (Å²) in [4.78, 5) is 24.5. The minimum Gasteiger partial charge on any atom is -0.492 e. The van der Waals surface area contributed by atoms with E-state index in [9.17, 15) is 9.59 Å². The van der Waals surface area contributed by atoms with Crippen LogP contribution in [-0.2, 0) is 20.7 Å². The maximum Gasteiger partial charge on any atom is 0.312 e. The zero-order chi connectivity index (χ0) is 19.2. The fourth-order valence-corrected chi connectivity index (χ4v) is 2.58. The zero-order valence-electron chi connectivity index (χ0n) is 15.1. The van der Waals surface area contributed by atoms with Crippen molar-refractivity contribution >= 4 is 28.5 Å². The molecule has 7 nitrogen and oxygen atoms in total. The highest BCUT2D eigenvalue weighted by molar-refractivity contribution is 5.96. The topological polar surface area (TPSA) is 90.7 Å². The third-order valence-corrected chi connectivity index (χ3v) is 3.89. The number of hydrogen-bond acceptors (Lipinski definition) is 6. The lowest BCUT2D eigenvalue weighted by Gasteiger charge is -2.15. The van der Waals surface area contributed by atoms with Gasteiger partial charge in [0.25, 0.3) is 5.91 Å². The van der Waals surface area contributed by atoms with Gasteiger partial charge in [-0.15, -0.1) is 0 Å². The fourth-order valence-electron chi connectivity index (χ4n) is 2.58. The van der Waals surface area contributed by atoms with Crippen LogP contribution in [0.2, 0.25) is 0 Å². The molecule has 1 aromatic heterocycles. The van der Waals surface area contributed by atoms with Crippen molar-refractivity contribution < 1.29 is 23.6 Å². The molecular weight excluding hydrogens is 348 g/mol. The van der Waals surface area contributed by atoms with E-state index in [0.29, 0.717) is 29.3 Å². The number of para-hydroxylation sites is 3. The van der Waals surface area contributed by atoms with Crippen LogP contribution in [0.5, 0.6) is 5.75 Å². The van der Waals surface area contributed by atoms with Crippen LogP contribution in [-0.4, -0.2) is 29.7 Å². The van der Waals surface area contributed by atoms with E-state index in [0.717, 1.165) is 5.39 Å². The van der Waals surface area contributed by atoms with E-state index >= 15 is 0 Å². The number of anilines is 1. The minimum atomic E-state index is -0.967. The van der Waals surface area contributed by atoms with E-state index in [1.54, 1.807) is 24.3 Å². The average molecular weight is 368 g/mol. The number of benzene rings is 2. The van der Waals surface area contributed by atoms with Crippen molar-refractivity contribution in [2.75, 3.05) is 11.9 Å². The van der Waals surface area contributed by atoms with Crippen LogP contribution < -0.4 is 10.1 Å². The number of carbonyl (C=O) groups excluding carboxylic acids is 2. The van der Waals surface area contributed by atoms with E-state index in [1.165, 1.54) is 6.92 Å². The number of nitrogens with one attached hydrogen (secondary N) is 1. The molecule has 0 radical (unpaired) electrons. The van der Waals surface area contributed by atoms with E-state index in [4.69, 9.17) is 14.0 Å². The van der Waals surface area contributed by atoms with Gasteiger partial charge in [0, 0.05) is 5.39 Å². The highest BCUT2D eigenvalue weighted by Gasteiger charge is 2.21. The Balaban J connectivity index is 1.60. The van der Waals surface area contributed by atoms with E-state index in [-0.39, 0.29) is 6.42 Å². The molecule has 0 unspecified atom stereocenters. The van der Waals surface area contributed by atoms with Crippen LogP contribution in [0.25, 0.3) is 11.0 Å². The van der Waals surface area contributed by atoms with Crippen LogP contribution in [0, 0.1) is 0 Å². The molecule has 3 aromatic rings. The Bertz CT molecular complexity index is 950. The maximum absolute atomic E-state index is 12.3. The van der Waals surface area contributed by atoms with Crippen molar-refractivity contribution in [1.82, 2.24) is 5.16 Å². The highest BCUT2D eigenvalue weighted by atomic mass is 16.5. The van der Waals surface area contributed by atoms with Gasteiger partial charge in [-0.3, -0.25) is 9.59 Å². The second kappa shape index (κ2) is 8.35. The number of carbonyl (C=O) groups is 2. The number of hydrogen-bond donors (Lipinski definition) is 1. The van der Waals surface area contributed by atoms with E-state index in [1.807, 2.05) is 31.2 Å². The Labute approximate surface area is 156 Å². The first-order valence-corrected chi connectivity index (χ1v) is 8.64. The molecule has 0 aliphatic carbocycles. The summed E-state index contributed by atoms with van der Waals surface area (Å²) >= 11 is 0. The molecule has 1 heterocycles. The maximum atomic E-state index is 12.3. The molecular formula is C20H20N2O5. The number of ether oxygens (including phenoxy) is 2. The van der Waals surface area contributed by atoms with Gasteiger partial charge in [0.1, 0.15) is 11.4 Å². The van der Waals surface area contributed by atoms with Crippen LogP contribution in [0.4, 0.5) is 5.69 Å². The molecule has 0 aliphatic heterocycles. The third-order valence-electron chi connectivity index (χ3n) is 3.89. The first-order valence-electron chi connectivity index (χ1n) is 8.64. The van der Waals surface area contributed by atoms with Gasteiger partial charge in [-0.05, 0) is 38.1 Å². The van der Waals surface area contributed by atoms with Gasteiger partial charge in [0.05, 0.1) is 18.7 Å². The molecule has 1 N–H and O–H groups in total. The van der Waals surface area contributed by atoms with Gasteiger partial charge < -0.3 is 19.3 Å². The Morgan fingerprint density at radius 2 is 1.89 bits per heavy atom. The van der Waals surface area contributed by atoms with Gasteiger partial charge in [0.2, 0.25) is 0 Å². The SMILES string of the molecule is CCOc1ccccc1NC(=O)[C@H](C)OC(=O)Cc1noc2ccccc12. The molecule has 1 atom stereocenters. The lowest BCUT2D eigenvalue weighted by atomic mass is 10.2. The molecule has 27 heavy (non-hydrogen) atoms. The summed E-state index contributed by atoms with van der Waals surface area (Å²) in [5.41, 5.74) is 1.60. The Hall–Kier alpha value is -3.35. The Morgan fingerprint density at radius 3 is 2.70 bits per heavy atom. The predicted octanol–water partition coefficient (Wildman–Crippen LogP) is 3.34. The smallest absolute Gasteiger partial charge is 0.312 e. The summed E-state index contributed by atoms with van der Waals surface area (Å²) < 4.78 is 15.9. The third kappa shape index (κ3) is 4.44. The number of aromatic nitrogens is 1. The monoisotopic (exact) mass is 368 g/mol. The van der Waals surface area contributed by atoms with Gasteiger partial charge in [-0.1, -0.05) is 29.4 Å². The molecule has 0 fully saturated rings. The number of fused-ring (bicyclic) bond motifs is 1. The molecule has 1 amide bonds. The summed E-state index contributed by atoms with van der Waals surface area (Å²) in [5.74, 6) is -0.448. The first-order chi connectivity index (χ1) is 13.1. The Kier molecular flexibility index (Phi) is 5.71. The molecule has 0 saturated carbocycles. The predicted molar refractivity (Wildman–Crippen MR) is 99.5 cm³/mol. The van der Waals surface area contributed by atoms with Crippen LogP contribution in [0.15, 0.2) is 53.1 Å². The molecule has 0 bridgehead atoms. The quantitative estimate of drug-likeness (QED) is 0.643. The molecule has 2 aromatic carbocycles. The van der Waals surface area contributed by atoms with Crippen molar-refractivity contribution in [3.63, 3.8) is 0 Å². The first kappa shape index (κ1) is 18.4. The summed E-state index contributed by atoms with van der Waals surface area (Å²) in [7, 11) is 0. The van der Waals surface area contributed by atoms with E-state index in [2.05, 4.69) is 10.5 Å². The van der Waals surface area contributed by atoms with Crippen molar-refractivity contribution in [1.29, 1.82) is 0 Å². The van der Waals surface area contributed by atoms with Gasteiger partial charge >= 0.3 is 5.97 Å². The molecule has 7 heteroatoms. The lowest BCUT2D eigenvalue weighted by Crippen LogP contribution is -2.30. The largest absolute Gasteiger partial charge is 0.492 e. The summed E-state index contributed by atoms with van der Waals surface area (Å²) in [6.45, 7) is 3.84. The molecule has 140 valence electrons. The van der Waals surface area contributed by atoms with Gasteiger partial charge in [0.15, 0.2) is 11.7 Å². The average Bonchev–Trinajstić information content (AvgIpc) is 3.06. The molecule has 3 rings (SSSR count). The summed E-state index contributed by atoms with van der Waals surface area (Å²) in [5, 5.41) is 7.36. The van der Waals surface area contributed by atoms with Crippen molar-refractivity contribution in [3.05, 3.63) is 54.2 Å². The molecule has 0 saturated heterocycles. The normalized spacial score (nSPS) is 11.8. The lowest BCUT2D eigenvalue weighted by molar-refractivity contribution is -0.152. The summed E-state index contributed by atoms with van der Waals surface area (Å²) in [6.07, 6.45) is -1.05. The van der Waals surface area contributed by atoms with Crippen LogP contribution in [0.1, 0.15) is 19.5 Å². The molecule has 0 spiro atoms. The second-order valence-electron chi connectivity index (χ2n) is 5.85. The van der Waals surface area contributed by atoms with Crippen molar-refractivity contribution in [3.8, 4) is 5.75 Å². The number of nitrogens with zero attached hydrogens (tertiary/aromatic N) is 1. The number of esters is 1. The highest BCUT2D eigenvalue weighted by Crippen LogP contribution is 2.24. The van der Waals surface area contributed by atoms with Gasteiger partial charge in [-0.2, -0.15) is 0 Å². The number of rotatable bonds is 7. The van der Waals surface area contributed by atoms with Crippen LogP contribution in [0.3, 0.4) is 0 Å². The fraction of sp³-hybridized carbons (Fsp3) is 0.250. The summed E-state index contributed by atoms with van der Waals surface area (Å²) in [6, 6.07) is 14.3. The second-order valence-corrected chi connectivity index (χ2v) is 5.85. The standard InChI is InChI=1S/C20H20N2O5/c1-3-25-18-11-7-5-9-15(18)21-20(24)13(2)26-19(23)12-16-14-8-4-6-10-17(14)27-22-16/h4-11,13H,3,12H2,1-2H3,(H,21,24)/t13-/m0/s1. The van der Waals surface area contributed by atoms with Crippen molar-refractivity contribution in [2.24, 2.45) is 0 Å². The minimum absolute atomic E-state index is 0.0792.